The zero-order valence-electron chi connectivity index (χ0n) is 12.9. The second-order valence-electron chi connectivity index (χ2n) is 5.53. The van der Waals surface area contributed by atoms with Crippen LogP contribution in [0.1, 0.15) is 45.7 Å². The number of hydrogen-bond donors (Lipinski definition) is 2. The Balaban J connectivity index is 2.25. The molecule has 1 aromatic carbocycles. The van der Waals surface area contributed by atoms with Gasteiger partial charge in [-0.2, -0.15) is 0 Å². The highest BCUT2D eigenvalue weighted by molar-refractivity contribution is 6.03. The van der Waals surface area contributed by atoms with E-state index in [1.807, 2.05) is 0 Å². The maximum Gasteiger partial charge on any atom is 0.246 e. The van der Waals surface area contributed by atoms with Gasteiger partial charge in [0, 0.05) is 29.5 Å². The molecule has 1 aliphatic heterocycles. The lowest BCUT2D eigenvalue weighted by Gasteiger charge is -2.28. The molecule has 1 unspecified atom stereocenters. The molecule has 1 atom stereocenters. The van der Waals surface area contributed by atoms with E-state index >= 15 is 0 Å². The summed E-state index contributed by atoms with van der Waals surface area (Å²) >= 11 is 0. The summed E-state index contributed by atoms with van der Waals surface area (Å²) in [4.78, 5) is 14.4. The zero-order chi connectivity index (χ0) is 14.7. The van der Waals surface area contributed by atoms with Crippen LogP contribution in [0.4, 0.5) is 11.4 Å². The summed E-state index contributed by atoms with van der Waals surface area (Å²) in [6.45, 7) is 10.4. The third kappa shape index (κ3) is 2.80. The van der Waals surface area contributed by atoms with E-state index in [0.717, 1.165) is 36.4 Å². The number of amides is 1. The minimum Gasteiger partial charge on any atom is -0.369 e. The lowest BCUT2D eigenvalue weighted by molar-refractivity contribution is -0.117. The first-order valence-corrected chi connectivity index (χ1v) is 7.53. The number of carbonyl (C=O) groups excluding carboxylic acids is 1. The van der Waals surface area contributed by atoms with Crippen LogP contribution in [-0.4, -0.2) is 25.0 Å². The maximum absolute atomic E-state index is 12.0. The average Bonchev–Trinajstić information content (AvgIpc) is 2.71. The van der Waals surface area contributed by atoms with Crippen LogP contribution in [0.25, 0.3) is 0 Å². The SMILES string of the molecule is CCCNC1C(=O)Nc2cc(N(CC)C(C)C)ccc21. The van der Waals surface area contributed by atoms with Gasteiger partial charge >= 0.3 is 0 Å². The van der Waals surface area contributed by atoms with Gasteiger partial charge in [-0.25, -0.2) is 0 Å². The molecule has 0 aliphatic carbocycles. The van der Waals surface area contributed by atoms with Crippen LogP contribution in [-0.2, 0) is 4.79 Å². The number of rotatable bonds is 6. The fourth-order valence-corrected chi connectivity index (χ4v) is 2.77. The Kier molecular flexibility index (Phi) is 4.65. The fourth-order valence-electron chi connectivity index (χ4n) is 2.77. The largest absolute Gasteiger partial charge is 0.369 e. The molecule has 4 heteroatoms. The third-order valence-corrected chi connectivity index (χ3v) is 3.76. The summed E-state index contributed by atoms with van der Waals surface area (Å²) in [6.07, 6.45) is 1.02. The number of fused-ring (bicyclic) bond motifs is 1. The number of nitrogens with zero attached hydrogens (tertiary/aromatic N) is 1. The Morgan fingerprint density at radius 2 is 2.10 bits per heavy atom. The molecule has 20 heavy (non-hydrogen) atoms. The number of carbonyl (C=O) groups is 1. The molecule has 0 bridgehead atoms. The minimum atomic E-state index is -0.201. The van der Waals surface area contributed by atoms with Gasteiger partial charge in [-0.3, -0.25) is 4.79 Å². The molecule has 0 aromatic heterocycles. The maximum atomic E-state index is 12.0. The van der Waals surface area contributed by atoms with E-state index in [1.54, 1.807) is 0 Å². The van der Waals surface area contributed by atoms with Crippen molar-refractivity contribution in [3.63, 3.8) is 0 Å². The molecule has 4 nitrogen and oxygen atoms in total. The summed E-state index contributed by atoms with van der Waals surface area (Å²) in [5.74, 6) is 0.0539. The van der Waals surface area contributed by atoms with Crippen LogP contribution in [0.15, 0.2) is 18.2 Å². The van der Waals surface area contributed by atoms with E-state index in [1.165, 1.54) is 0 Å². The molecule has 0 spiro atoms. The summed E-state index contributed by atoms with van der Waals surface area (Å²) in [7, 11) is 0. The van der Waals surface area contributed by atoms with E-state index in [9.17, 15) is 4.79 Å². The molecule has 2 rings (SSSR count). The van der Waals surface area contributed by atoms with Crippen molar-refractivity contribution >= 4 is 17.3 Å². The van der Waals surface area contributed by atoms with Crippen molar-refractivity contribution < 1.29 is 4.79 Å². The topological polar surface area (TPSA) is 44.4 Å². The van der Waals surface area contributed by atoms with Gasteiger partial charge in [0.1, 0.15) is 6.04 Å². The van der Waals surface area contributed by atoms with Gasteiger partial charge in [0.15, 0.2) is 0 Å². The van der Waals surface area contributed by atoms with Crippen LogP contribution >= 0.6 is 0 Å². The molecule has 2 N–H and O–H groups in total. The summed E-state index contributed by atoms with van der Waals surface area (Å²) in [5, 5.41) is 6.28. The molecule has 0 radical (unpaired) electrons. The van der Waals surface area contributed by atoms with Crippen molar-refractivity contribution in [1.29, 1.82) is 0 Å². The van der Waals surface area contributed by atoms with Crippen molar-refractivity contribution in [3.05, 3.63) is 23.8 Å². The van der Waals surface area contributed by atoms with Crippen LogP contribution in [0, 0.1) is 0 Å². The number of hydrogen-bond acceptors (Lipinski definition) is 3. The second-order valence-corrected chi connectivity index (χ2v) is 5.53. The van der Waals surface area contributed by atoms with Crippen LogP contribution in [0.3, 0.4) is 0 Å². The first-order valence-electron chi connectivity index (χ1n) is 7.53. The Morgan fingerprint density at radius 1 is 1.35 bits per heavy atom. The normalized spacial score (nSPS) is 17.2. The molecule has 0 saturated carbocycles. The molecule has 1 aromatic rings. The van der Waals surface area contributed by atoms with E-state index in [-0.39, 0.29) is 11.9 Å². The highest BCUT2D eigenvalue weighted by Crippen LogP contribution is 2.34. The highest BCUT2D eigenvalue weighted by atomic mass is 16.2. The molecule has 1 amide bonds. The van der Waals surface area contributed by atoms with Gasteiger partial charge in [0.25, 0.3) is 0 Å². The van der Waals surface area contributed by atoms with Crippen molar-refractivity contribution in [2.24, 2.45) is 0 Å². The van der Waals surface area contributed by atoms with Crippen molar-refractivity contribution in [3.8, 4) is 0 Å². The third-order valence-electron chi connectivity index (χ3n) is 3.76. The first-order chi connectivity index (χ1) is 9.58. The smallest absolute Gasteiger partial charge is 0.246 e. The van der Waals surface area contributed by atoms with E-state index in [2.05, 4.69) is 61.4 Å². The Hall–Kier alpha value is -1.55. The van der Waals surface area contributed by atoms with Crippen molar-refractivity contribution in [2.45, 2.75) is 46.2 Å². The Labute approximate surface area is 121 Å². The molecule has 1 aliphatic rings. The lowest BCUT2D eigenvalue weighted by atomic mass is 10.1. The van der Waals surface area contributed by atoms with Gasteiger partial charge in [-0.15, -0.1) is 0 Å². The summed E-state index contributed by atoms with van der Waals surface area (Å²) < 4.78 is 0. The monoisotopic (exact) mass is 275 g/mol. The van der Waals surface area contributed by atoms with Gasteiger partial charge < -0.3 is 15.5 Å². The fraction of sp³-hybridized carbons (Fsp3) is 0.562. The van der Waals surface area contributed by atoms with Crippen LogP contribution in [0.2, 0.25) is 0 Å². The van der Waals surface area contributed by atoms with Crippen LogP contribution in [0.5, 0.6) is 0 Å². The number of anilines is 2. The highest BCUT2D eigenvalue weighted by Gasteiger charge is 2.30. The minimum absolute atomic E-state index is 0.0539. The number of benzene rings is 1. The molecular formula is C16H25N3O. The predicted molar refractivity (Wildman–Crippen MR) is 84.3 cm³/mol. The molecule has 110 valence electrons. The zero-order valence-corrected chi connectivity index (χ0v) is 12.9. The predicted octanol–water partition coefficient (Wildman–Crippen LogP) is 2.91. The van der Waals surface area contributed by atoms with Gasteiger partial charge in [0.05, 0.1) is 0 Å². The van der Waals surface area contributed by atoms with E-state index in [4.69, 9.17) is 0 Å². The number of nitrogens with one attached hydrogen (secondary N) is 2. The van der Waals surface area contributed by atoms with Gasteiger partial charge in [0.2, 0.25) is 5.91 Å². The first kappa shape index (κ1) is 14.9. The molecule has 1 heterocycles. The molecule has 0 fully saturated rings. The van der Waals surface area contributed by atoms with Gasteiger partial charge in [-0.05, 0) is 45.9 Å². The average molecular weight is 275 g/mol. The van der Waals surface area contributed by atoms with Crippen molar-refractivity contribution in [1.82, 2.24) is 5.32 Å². The van der Waals surface area contributed by atoms with Crippen molar-refractivity contribution in [2.75, 3.05) is 23.3 Å². The quantitative estimate of drug-likeness (QED) is 0.839. The Bertz CT molecular complexity index is 485. The lowest BCUT2D eigenvalue weighted by Crippen LogP contribution is -2.30. The van der Waals surface area contributed by atoms with Crippen LogP contribution < -0.4 is 15.5 Å². The van der Waals surface area contributed by atoms with E-state index < -0.39 is 0 Å². The molecular weight excluding hydrogens is 250 g/mol. The second kappa shape index (κ2) is 6.27. The summed E-state index contributed by atoms with van der Waals surface area (Å²) in [5.41, 5.74) is 3.17. The Morgan fingerprint density at radius 3 is 2.70 bits per heavy atom. The summed E-state index contributed by atoms with van der Waals surface area (Å²) in [6, 6.07) is 6.52. The standard InChI is InChI=1S/C16H25N3O/c1-5-9-17-15-13-8-7-12(19(6-2)11(3)4)10-14(13)18-16(15)20/h7-8,10-11,15,17H,5-6,9H2,1-4H3,(H,18,20). The van der Waals surface area contributed by atoms with Gasteiger partial charge in [-0.1, -0.05) is 13.0 Å². The van der Waals surface area contributed by atoms with E-state index in [0.29, 0.717) is 6.04 Å². The molecule has 0 saturated heterocycles.